The van der Waals surface area contributed by atoms with E-state index in [0.29, 0.717) is 11.8 Å². The molecule has 1 aliphatic carbocycles. The van der Waals surface area contributed by atoms with Gasteiger partial charge in [0.25, 0.3) is 0 Å². The van der Waals surface area contributed by atoms with Gasteiger partial charge in [0.15, 0.2) is 0 Å². The van der Waals surface area contributed by atoms with Gasteiger partial charge in [0.1, 0.15) is 6.33 Å². The summed E-state index contributed by atoms with van der Waals surface area (Å²) in [6.45, 7) is 1.72. The van der Waals surface area contributed by atoms with Crippen molar-refractivity contribution in [3.8, 4) is 11.1 Å². The summed E-state index contributed by atoms with van der Waals surface area (Å²) in [5.74, 6) is 0.993. The van der Waals surface area contributed by atoms with E-state index in [2.05, 4.69) is 32.0 Å². The molecule has 5 heteroatoms. The first kappa shape index (κ1) is 16.2. The predicted molar refractivity (Wildman–Crippen MR) is 95.8 cm³/mol. The minimum Gasteiger partial charge on any atom is -0.342 e. The Morgan fingerprint density at radius 2 is 1.76 bits per heavy atom. The van der Waals surface area contributed by atoms with Gasteiger partial charge in [-0.15, -0.1) is 0 Å². The second kappa shape index (κ2) is 7.30. The van der Waals surface area contributed by atoms with E-state index in [0.717, 1.165) is 55.6 Å². The van der Waals surface area contributed by atoms with Crippen molar-refractivity contribution < 1.29 is 4.79 Å². The fourth-order valence-electron chi connectivity index (χ4n) is 4.12. The molecule has 4 rings (SSSR count). The number of nitrogens with zero attached hydrogens (tertiary/aromatic N) is 4. The Bertz CT molecular complexity index is 710. The van der Waals surface area contributed by atoms with Gasteiger partial charge in [0, 0.05) is 60.3 Å². The maximum Gasteiger partial charge on any atom is 0.225 e. The summed E-state index contributed by atoms with van der Waals surface area (Å²) >= 11 is 0. The maximum absolute atomic E-state index is 12.7. The molecule has 1 saturated carbocycles. The molecule has 1 aliphatic heterocycles. The normalized spacial score (nSPS) is 21.4. The van der Waals surface area contributed by atoms with E-state index in [9.17, 15) is 4.79 Å². The van der Waals surface area contributed by atoms with Gasteiger partial charge in [-0.2, -0.15) is 0 Å². The number of amides is 1. The monoisotopic (exact) mass is 336 g/mol. The molecule has 1 atom stereocenters. The number of pyridine rings is 1. The highest BCUT2D eigenvalue weighted by atomic mass is 16.2. The van der Waals surface area contributed by atoms with Crippen molar-refractivity contribution in [1.29, 1.82) is 0 Å². The van der Waals surface area contributed by atoms with Crippen LogP contribution in [0.3, 0.4) is 0 Å². The fraction of sp³-hybridized carbons (Fsp3) is 0.500. The summed E-state index contributed by atoms with van der Waals surface area (Å²) in [7, 11) is 0. The number of rotatable bonds is 3. The number of carbonyl (C=O) groups excluding carboxylic acids is 1. The van der Waals surface area contributed by atoms with E-state index in [1.807, 2.05) is 6.20 Å². The summed E-state index contributed by atoms with van der Waals surface area (Å²) in [5, 5.41) is 0. The fourth-order valence-corrected chi connectivity index (χ4v) is 4.12. The zero-order valence-corrected chi connectivity index (χ0v) is 14.5. The molecule has 1 saturated heterocycles. The van der Waals surface area contributed by atoms with Gasteiger partial charge < -0.3 is 4.90 Å². The van der Waals surface area contributed by atoms with E-state index in [4.69, 9.17) is 0 Å². The van der Waals surface area contributed by atoms with Gasteiger partial charge in [-0.05, 0) is 31.7 Å². The van der Waals surface area contributed by atoms with Crippen LogP contribution in [-0.4, -0.2) is 38.8 Å². The molecule has 25 heavy (non-hydrogen) atoms. The molecule has 130 valence electrons. The smallest absolute Gasteiger partial charge is 0.225 e. The third-order valence-electron chi connectivity index (χ3n) is 5.54. The second-order valence-corrected chi connectivity index (χ2v) is 7.20. The van der Waals surface area contributed by atoms with Crippen molar-refractivity contribution in [3.05, 3.63) is 42.7 Å². The van der Waals surface area contributed by atoms with Gasteiger partial charge in [0.2, 0.25) is 5.91 Å². The zero-order chi connectivity index (χ0) is 17.1. The largest absolute Gasteiger partial charge is 0.342 e. The van der Waals surface area contributed by atoms with Crippen LogP contribution in [0.5, 0.6) is 0 Å². The zero-order valence-electron chi connectivity index (χ0n) is 14.5. The van der Waals surface area contributed by atoms with E-state index in [1.165, 1.54) is 19.2 Å². The molecule has 2 aromatic heterocycles. The Morgan fingerprint density at radius 1 is 0.960 bits per heavy atom. The summed E-state index contributed by atoms with van der Waals surface area (Å²) in [5.41, 5.74) is 3.09. The number of piperidine rings is 1. The summed E-state index contributed by atoms with van der Waals surface area (Å²) < 4.78 is 0. The van der Waals surface area contributed by atoms with Crippen LogP contribution >= 0.6 is 0 Å². The summed E-state index contributed by atoms with van der Waals surface area (Å²) in [6.07, 6.45) is 13.8. The van der Waals surface area contributed by atoms with Crippen molar-refractivity contribution in [2.75, 3.05) is 13.1 Å². The molecule has 3 heterocycles. The molecule has 1 unspecified atom stereocenters. The van der Waals surface area contributed by atoms with E-state index < -0.39 is 0 Å². The van der Waals surface area contributed by atoms with E-state index in [-0.39, 0.29) is 5.92 Å². The SMILES string of the molecule is O=C(C1CCCC1)N1CCCC(c2ccc(-c3cncnc3)cn2)C1. The van der Waals surface area contributed by atoms with E-state index >= 15 is 0 Å². The Hall–Kier alpha value is -2.30. The molecule has 0 spiro atoms. The topological polar surface area (TPSA) is 59.0 Å². The lowest BCUT2D eigenvalue weighted by Crippen LogP contribution is -2.42. The third-order valence-corrected chi connectivity index (χ3v) is 5.54. The van der Waals surface area contributed by atoms with Crippen LogP contribution in [-0.2, 0) is 4.79 Å². The van der Waals surface area contributed by atoms with Crippen LogP contribution in [0, 0.1) is 5.92 Å². The standard InChI is InChI=1S/C20H24N4O/c25-20(15-4-1-2-5-15)24-9-3-6-17(13-24)19-8-7-16(12-23-19)18-10-21-14-22-11-18/h7-8,10-12,14-15,17H,1-6,9,13H2. The molecule has 2 fully saturated rings. The number of hydrogen-bond acceptors (Lipinski definition) is 4. The van der Waals surface area contributed by atoms with Crippen molar-refractivity contribution in [2.45, 2.75) is 44.4 Å². The van der Waals surface area contributed by atoms with Crippen LogP contribution in [0.1, 0.15) is 50.1 Å². The van der Waals surface area contributed by atoms with E-state index in [1.54, 1.807) is 12.4 Å². The molecule has 5 nitrogen and oxygen atoms in total. The Morgan fingerprint density at radius 3 is 2.48 bits per heavy atom. The highest BCUT2D eigenvalue weighted by Gasteiger charge is 2.31. The molecule has 1 amide bonds. The average molecular weight is 336 g/mol. The molecule has 0 bridgehead atoms. The van der Waals surface area contributed by atoms with Crippen molar-refractivity contribution in [3.63, 3.8) is 0 Å². The first-order valence-corrected chi connectivity index (χ1v) is 9.31. The molecule has 0 radical (unpaired) electrons. The minimum absolute atomic E-state index is 0.271. The van der Waals surface area contributed by atoms with Crippen molar-refractivity contribution >= 4 is 5.91 Å². The highest BCUT2D eigenvalue weighted by Crippen LogP contribution is 2.31. The average Bonchev–Trinajstić information content (AvgIpc) is 3.23. The number of likely N-dealkylation sites (tertiary alicyclic amines) is 1. The summed E-state index contributed by atoms with van der Waals surface area (Å²) in [4.78, 5) is 27.6. The lowest BCUT2D eigenvalue weighted by atomic mass is 9.92. The van der Waals surface area contributed by atoms with Crippen LogP contribution in [0.4, 0.5) is 0 Å². The number of carbonyl (C=O) groups is 1. The van der Waals surface area contributed by atoms with Gasteiger partial charge in [-0.3, -0.25) is 9.78 Å². The lowest BCUT2D eigenvalue weighted by molar-refractivity contribution is -0.136. The van der Waals surface area contributed by atoms with Gasteiger partial charge in [0.05, 0.1) is 0 Å². The molecular formula is C20H24N4O. The molecule has 2 aromatic rings. The van der Waals surface area contributed by atoms with Crippen LogP contribution in [0.2, 0.25) is 0 Å². The first-order valence-electron chi connectivity index (χ1n) is 9.31. The number of hydrogen-bond donors (Lipinski definition) is 0. The van der Waals surface area contributed by atoms with Gasteiger partial charge in [-0.1, -0.05) is 18.9 Å². The minimum atomic E-state index is 0.271. The molecule has 0 aromatic carbocycles. The summed E-state index contributed by atoms with van der Waals surface area (Å²) in [6, 6.07) is 4.18. The number of aromatic nitrogens is 3. The molecular weight excluding hydrogens is 312 g/mol. The van der Waals surface area contributed by atoms with Gasteiger partial charge in [-0.25, -0.2) is 9.97 Å². The Kier molecular flexibility index (Phi) is 4.72. The third kappa shape index (κ3) is 3.55. The molecule has 2 aliphatic rings. The van der Waals surface area contributed by atoms with Crippen LogP contribution < -0.4 is 0 Å². The highest BCUT2D eigenvalue weighted by molar-refractivity contribution is 5.79. The Balaban J connectivity index is 1.45. The molecule has 0 N–H and O–H groups in total. The maximum atomic E-state index is 12.7. The lowest BCUT2D eigenvalue weighted by Gasteiger charge is -2.34. The first-order chi connectivity index (χ1) is 12.3. The van der Waals surface area contributed by atoms with Gasteiger partial charge >= 0.3 is 0 Å². The predicted octanol–water partition coefficient (Wildman–Crippen LogP) is 3.43. The van der Waals surface area contributed by atoms with Crippen molar-refractivity contribution in [2.24, 2.45) is 5.92 Å². The van der Waals surface area contributed by atoms with Crippen molar-refractivity contribution in [1.82, 2.24) is 19.9 Å². The Labute approximate surface area is 148 Å². The van der Waals surface area contributed by atoms with Crippen LogP contribution in [0.25, 0.3) is 11.1 Å². The quantitative estimate of drug-likeness (QED) is 0.861. The second-order valence-electron chi connectivity index (χ2n) is 7.20. The van der Waals surface area contributed by atoms with Crippen LogP contribution in [0.15, 0.2) is 37.1 Å².